The van der Waals surface area contributed by atoms with E-state index in [-0.39, 0.29) is 18.8 Å². The SMILES string of the molecule is Cn1c(COC(=O)c2ccccc2OCc2ccccc2Cl)cc(=O)n(C)c1=O. The summed E-state index contributed by atoms with van der Waals surface area (Å²) in [6, 6.07) is 15.2. The zero-order chi connectivity index (χ0) is 21.0. The predicted molar refractivity (Wildman–Crippen MR) is 108 cm³/mol. The second kappa shape index (κ2) is 8.79. The maximum absolute atomic E-state index is 12.6. The molecule has 3 aromatic rings. The van der Waals surface area contributed by atoms with Gasteiger partial charge in [-0.05, 0) is 18.2 Å². The van der Waals surface area contributed by atoms with E-state index in [4.69, 9.17) is 21.1 Å². The molecule has 8 heteroatoms. The molecule has 7 nitrogen and oxygen atoms in total. The molecule has 0 saturated heterocycles. The third kappa shape index (κ3) is 4.57. The minimum atomic E-state index is -0.632. The molecule has 0 bridgehead atoms. The molecule has 0 atom stereocenters. The maximum Gasteiger partial charge on any atom is 0.342 e. The highest BCUT2D eigenvalue weighted by Crippen LogP contribution is 2.23. The molecule has 150 valence electrons. The third-order valence-electron chi connectivity index (χ3n) is 4.42. The molecule has 1 heterocycles. The molecule has 0 amide bonds. The lowest BCUT2D eigenvalue weighted by Crippen LogP contribution is -2.38. The molecule has 0 saturated carbocycles. The number of halogens is 1. The summed E-state index contributed by atoms with van der Waals surface area (Å²) in [5, 5.41) is 0.569. The van der Waals surface area contributed by atoms with Gasteiger partial charge in [0.15, 0.2) is 0 Å². The van der Waals surface area contributed by atoms with E-state index < -0.39 is 17.2 Å². The van der Waals surface area contributed by atoms with E-state index in [1.807, 2.05) is 18.2 Å². The van der Waals surface area contributed by atoms with E-state index in [9.17, 15) is 14.4 Å². The third-order valence-corrected chi connectivity index (χ3v) is 4.79. The molecular weight excluding hydrogens is 396 g/mol. The van der Waals surface area contributed by atoms with E-state index in [0.717, 1.165) is 10.1 Å². The second-order valence-electron chi connectivity index (χ2n) is 6.33. The number of hydrogen-bond donors (Lipinski definition) is 0. The van der Waals surface area contributed by atoms with Gasteiger partial charge in [-0.25, -0.2) is 9.59 Å². The maximum atomic E-state index is 12.6. The number of esters is 1. The van der Waals surface area contributed by atoms with Crippen molar-refractivity contribution in [1.82, 2.24) is 9.13 Å². The highest BCUT2D eigenvalue weighted by atomic mass is 35.5. The lowest BCUT2D eigenvalue weighted by atomic mass is 10.2. The summed E-state index contributed by atoms with van der Waals surface area (Å²) in [5.41, 5.74) is 0.344. The minimum Gasteiger partial charge on any atom is -0.488 e. The topological polar surface area (TPSA) is 79.5 Å². The Bertz CT molecular complexity index is 1170. The van der Waals surface area contributed by atoms with Gasteiger partial charge in [0.1, 0.15) is 24.5 Å². The monoisotopic (exact) mass is 414 g/mol. The fraction of sp³-hybridized carbons (Fsp3) is 0.190. The van der Waals surface area contributed by atoms with Crippen LogP contribution in [0.25, 0.3) is 0 Å². The number of hydrogen-bond acceptors (Lipinski definition) is 5. The quantitative estimate of drug-likeness (QED) is 0.579. The number of rotatable bonds is 6. The van der Waals surface area contributed by atoms with Crippen LogP contribution in [0.3, 0.4) is 0 Å². The average molecular weight is 415 g/mol. The largest absolute Gasteiger partial charge is 0.488 e. The smallest absolute Gasteiger partial charge is 0.342 e. The number of carbonyl (C=O) groups is 1. The van der Waals surface area contributed by atoms with Crippen LogP contribution in [0.2, 0.25) is 5.02 Å². The Labute approximate surface area is 171 Å². The van der Waals surface area contributed by atoms with Gasteiger partial charge in [0.25, 0.3) is 5.56 Å². The van der Waals surface area contributed by atoms with Gasteiger partial charge < -0.3 is 9.47 Å². The summed E-state index contributed by atoms with van der Waals surface area (Å²) >= 11 is 6.14. The van der Waals surface area contributed by atoms with Crippen LogP contribution in [0.1, 0.15) is 21.6 Å². The summed E-state index contributed by atoms with van der Waals surface area (Å²) in [4.78, 5) is 36.4. The van der Waals surface area contributed by atoms with E-state index in [2.05, 4.69) is 0 Å². The van der Waals surface area contributed by atoms with E-state index in [1.165, 1.54) is 24.7 Å². The number of aromatic nitrogens is 2. The van der Waals surface area contributed by atoms with Crippen molar-refractivity contribution in [2.24, 2.45) is 14.1 Å². The summed E-state index contributed by atoms with van der Waals surface area (Å²) in [6.45, 7) is -0.0350. The first-order valence-electron chi connectivity index (χ1n) is 8.76. The molecule has 0 aliphatic carbocycles. The summed E-state index contributed by atoms with van der Waals surface area (Å²) in [5.74, 6) is -0.289. The van der Waals surface area contributed by atoms with Gasteiger partial charge in [-0.3, -0.25) is 13.9 Å². The molecule has 0 spiro atoms. The molecule has 0 radical (unpaired) electrons. The molecule has 0 aliphatic rings. The Morgan fingerprint density at radius 3 is 2.41 bits per heavy atom. The van der Waals surface area contributed by atoms with Gasteiger partial charge in [-0.15, -0.1) is 0 Å². The number of ether oxygens (including phenoxy) is 2. The zero-order valence-electron chi connectivity index (χ0n) is 15.9. The standard InChI is InChI=1S/C21H19ClN2O5/c1-23-15(11-19(25)24(2)21(23)27)13-29-20(26)16-8-4-6-10-18(16)28-12-14-7-3-5-9-17(14)22/h3-11H,12-13H2,1-2H3. The van der Waals surface area contributed by atoms with Crippen LogP contribution >= 0.6 is 11.6 Å². The van der Waals surface area contributed by atoms with E-state index in [1.54, 1.807) is 30.3 Å². The van der Waals surface area contributed by atoms with Crippen LogP contribution in [-0.4, -0.2) is 15.1 Å². The summed E-state index contributed by atoms with van der Waals surface area (Å²) in [6.07, 6.45) is 0. The lowest BCUT2D eigenvalue weighted by Gasteiger charge is -2.13. The van der Waals surface area contributed by atoms with Gasteiger partial charge in [-0.2, -0.15) is 0 Å². The molecular formula is C21H19ClN2O5. The Morgan fingerprint density at radius 2 is 1.66 bits per heavy atom. The molecule has 0 unspecified atom stereocenters. The van der Waals surface area contributed by atoms with Gasteiger partial charge in [-0.1, -0.05) is 41.9 Å². The van der Waals surface area contributed by atoms with Crippen molar-refractivity contribution in [3.63, 3.8) is 0 Å². The molecule has 29 heavy (non-hydrogen) atoms. The van der Waals surface area contributed by atoms with Gasteiger partial charge >= 0.3 is 11.7 Å². The van der Waals surface area contributed by atoms with E-state index >= 15 is 0 Å². The molecule has 3 rings (SSSR count). The fourth-order valence-corrected chi connectivity index (χ4v) is 2.86. The second-order valence-corrected chi connectivity index (χ2v) is 6.73. The van der Waals surface area contributed by atoms with Crippen molar-refractivity contribution in [1.29, 1.82) is 0 Å². The van der Waals surface area contributed by atoms with Gasteiger partial charge in [0, 0.05) is 30.7 Å². The van der Waals surface area contributed by atoms with Crippen LogP contribution < -0.4 is 16.0 Å². The van der Waals surface area contributed by atoms with Crippen molar-refractivity contribution in [2.75, 3.05) is 0 Å². The van der Waals surface area contributed by atoms with Crippen LogP contribution in [-0.2, 0) is 32.0 Å². The van der Waals surface area contributed by atoms with Crippen molar-refractivity contribution in [3.8, 4) is 5.75 Å². The predicted octanol–water partition coefficient (Wildman–Crippen LogP) is 2.67. The Hall–Kier alpha value is -3.32. The Kier molecular flexibility index (Phi) is 6.19. The van der Waals surface area contributed by atoms with Crippen LogP contribution in [0.4, 0.5) is 0 Å². The van der Waals surface area contributed by atoms with Crippen molar-refractivity contribution < 1.29 is 14.3 Å². The Balaban J connectivity index is 1.75. The number of para-hydroxylation sites is 1. The number of carbonyl (C=O) groups excluding carboxylic acids is 1. The molecule has 2 aromatic carbocycles. The van der Waals surface area contributed by atoms with Crippen LogP contribution in [0, 0.1) is 0 Å². The summed E-state index contributed by atoms with van der Waals surface area (Å²) in [7, 11) is 2.89. The first-order chi connectivity index (χ1) is 13.9. The molecule has 1 aromatic heterocycles. The summed E-state index contributed by atoms with van der Waals surface area (Å²) < 4.78 is 13.3. The number of nitrogens with zero attached hydrogens (tertiary/aromatic N) is 2. The molecule has 0 aliphatic heterocycles. The molecule has 0 N–H and O–H groups in total. The minimum absolute atomic E-state index is 0.188. The van der Waals surface area contributed by atoms with Crippen molar-refractivity contribution in [3.05, 3.63) is 97.3 Å². The van der Waals surface area contributed by atoms with Crippen molar-refractivity contribution >= 4 is 17.6 Å². The van der Waals surface area contributed by atoms with Crippen molar-refractivity contribution in [2.45, 2.75) is 13.2 Å². The van der Waals surface area contributed by atoms with Gasteiger partial charge in [0.2, 0.25) is 0 Å². The highest BCUT2D eigenvalue weighted by Gasteiger charge is 2.16. The van der Waals surface area contributed by atoms with Gasteiger partial charge in [0.05, 0.1) is 5.69 Å². The molecule has 0 fully saturated rings. The normalized spacial score (nSPS) is 10.6. The average Bonchev–Trinajstić information content (AvgIpc) is 2.73. The first kappa shape index (κ1) is 20.4. The lowest BCUT2D eigenvalue weighted by molar-refractivity contribution is 0.0457. The zero-order valence-corrected chi connectivity index (χ0v) is 16.7. The fourth-order valence-electron chi connectivity index (χ4n) is 2.67. The van der Waals surface area contributed by atoms with Crippen LogP contribution in [0.5, 0.6) is 5.75 Å². The highest BCUT2D eigenvalue weighted by molar-refractivity contribution is 6.31. The van der Waals surface area contributed by atoms with E-state index in [0.29, 0.717) is 16.5 Å². The number of benzene rings is 2. The van der Waals surface area contributed by atoms with Crippen LogP contribution in [0.15, 0.2) is 64.2 Å². The first-order valence-corrected chi connectivity index (χ1v) is 9.14. The Morgan fingerprint density at radius 1 is 0.966 bits per heavy atom.